The van der Waals surface area contributed by atoms with Crippen LogP contribution in [0.25, 0.3) is 10.1 Å². The third-order valence-electron chi connectivity index (χ3n) is 1.45. The quantitative estimate of drug-likeness (QED) is 0.754. The van der Waals surface area contributed by atoms with Gasteiger partial charge in [0.1, 0.15) is 0 Å². The Hall–Kier alpha value is -0.610. The van der Waals surface area contributed by atoms with Crippen LogP contribution in [0.1, 0.15) is 0 Å². The Balaban J connectivity index is 2.90. The summed E-state index contributed by atoms with van der Waals surface area (Å²) < 4.78 is 2.21. The lowest BCUT2D eigenvalue weighted by Crippen LogP contribution is -1.84. The second-order valence-electron chi connectivity index (χ2n) is 2.19. The molecular formula is C7H5BrN2S. The van der Waals surface area contributed by atoms with Gasteiger partial charge in [-0.05, 0) is 22.0 Å². The number of halogens is 1. The van der Waals surface area contributed by atoms with Gasteiger partial charge in [0, 0.05) is 11.6 Å². The minimum atomic E-state index is 0.740. The van der Waals surface area contributed by atoms with Crippen molar-refractivity contribution in [2.45, 2.75) is 0 Å². The zero-order valence-electron chi connectivity index (χ0n) is 5.54. The number of hydrogen-bond acceptors (Lipinski definition) is 3. The van der Waals surface area contributed by atoms with Gasteiger partial charge < -0.3 is 5.73 Å². The van der Waals surface area contributed by atoms with Gasteiger partial charge in [-0.1, -0.05) is 0 Å². The first kappa shape index (κ1) is 7.06. The number of nitrogens with two attached hydrogens (primary N) is 1. The van der Waals surface area contributed by atoms with E-state index in [1.807, 2.05) is 12.3 Å². The average Bonchev–Trinajstić information content (AvgIpc) is 2.31. The smallest absolute Gasteiger partial charge is 0.0712 e. The molecule has 4 heteroatoms. The molecule has 0 spiro atoms. The van der Waals surface area contributed by atoms with E-state index in [9.17, 15) is 0 Å². The molecule has 0 amide bonds. The number of nitrogens with zero attached hydrogens (tertiary/aromatic N) is 1. The van der Waals surface area contributed by atoms with Crippen LogP contribution in [0.15, 0.2) is 22.2 Å². The molecule has 0 fully saturated rings. The fourth-order valence-electron chi connectivity index (χ4n) is 0.950. The molecular weight excluding hydrogens is 224 g/mol. The molecule has 11 heavy (non-hydrogen) atoms. The largest absolute Gasteiger partial charge is 0.397 e. The number of pyridine rings is 1. The van der Waals surface area contributed by atoms with Crippen LogP contribution < -0.4 is 5.73 Å². The highest BCUT2D eigenvalue weighted by molar-refractivity contribution is 9.11. The lowest BCUT2D eigenvalue weighted by atomic mass is 10.3. The standard InChI is InChI=1S/C7H5BrN2S/c8-7-1-4-5(9)2-10-3-6(4)11-7/h1-3H,9H2. The Kier molecular flexibility index (Phi) is 1.58. The highest BCUT2D eigenvalue weighted by Gasteiger charge is 2.01. The molecule has 0 atom stereocenters. The van der Waals surface area contributed by atoms with E-state index in [4.69, 9.17) is 5.73 Å². The molecule has 0 radical (unpaired) electrons. The normalized spacial score (nSPS) is 10.6. The number of hydrogen-bond donors (Lipinski definition) is 1. The van der Waals surface area contributed by atoms with Crippen LogP contribution in [-0.4, -0.2) is 4.98 Å². The number of fused-ring (bicyclic) bond motifs is 1. The Bertz CT molecular complexity index is 396. The number of rotatable bonds is 0. The topological polar surface area (TPSA) is 38.9 Å². The van der Waals surface area contributed by atoms with Gasteiger partial charge in [0.2, 0.25) is 0 Å². The Morgan fingerprint density at radius 3 is 3.00 bits per heavy atom. The summed E-state index contributed by atoms with van der Waals surface area (Å²) in [6, 6.07) is 2.01. The van der Waals surface area contributed by atoms with Crippen LogP contribution >= 0.6 is 27.3 Å². The van der Waals surface area contributed by atoms with Crippen molar-refractivity contribution in [1.82, 2.24) is 4.98 Å². The highest BCUT2D eigenvalue weighted by atomic mass is 79.9. The molecule has 56 valence electrons. The van der Waals surface area contributed by atoms with E-state index in [0.717, 1.165) is 19.6 Å². The maximum atomic E-state index is 5.69. The second kappa shape index (κ2) is 2.46. The fourth-order valence-corrected chi connectivity index (χ4v) is 2.49. The first-order valence-electron chi connectivity index (χ1n) is 3.06. The van der Waals surface area contributed by atoms with Gasteiger partial charge in [0.25, 0.3) is 0 Å². The number of aromatic nitrogens is 1. The summed E-state index contributed by atoms with van der Waals surface area (Å²) in [4.78, 5) is 3.99. The first-order chi connectivity index (χ1) is 5.27. The zero-order chi connectivity index (χ0) is 7.84. The van der Waals surface area contributed by atoms with Crippen molar-refractivity contribution in [2.24, 2.45) is 0 Å². The van der Waals surface area contributed by atoms with E-state index in [0.29, 0.717) is 0 Å². The molecule has 2 heterocycles. The maximum absolute atomic E-state index is 5.69. The van der Waals surface area contributed by atoms with E-state index < -0.39 is 0 Å². The molecule has 0 aliphatic rings. The molecule has 2 nitrogen and oxygen atoms in total. The summed E-state index contributed by atoms with van der Waals surface area (Å²) in [5.41, 5.74) is 6.43. The molecule has 0 bridgehead atoms. The van der Waals surface area contributed by atoms with Crippen molar-refractivity contribution in [3.05, 3.63) is 22.2 Å². The molecule has 0 aliphatic heterocycles. The Morgan fingerprint density at radius 2 is 2.27 bits per heavy atom. The third-order valence-corrected chi connectivity index (χ3v) is 3.02. The minimum absolute atomic E-state index is 0.740. The summed E-state index contributed by atoms with van der Waals surface area (Å²) in [6.07, 6.45) is 3.49. The van der Waals surface area contributed by atoms with Crippen LogP contribution in [0.4, 0.5) is 5.69 Å². The molecule has 0 aromatic carbocycles. The first-order valence-corrected chi connectivity index (χ1v) is 4.67. The van der Waals surface area contributed by atoms with Gasteiger partial charge in [0.05, 0.1) is 20.4 Å². The van der Waals surface area contributed by atoms with Crippen LogP contribution in [-0.2, 0) is 0 Å². The van der Waals surface area contributed by atoms with Gasteiger partial charge in [-0.3, -0.25) is 4.98 Å². The zero-order valence-corrected chi connectivity index (χ0v) is 7.95. The summed E-state index contributed by atoms with van der Waals surface area (Å²) in [7, 11) is 0. The van der Waals surface area contributed by atoms with Crippen molar-refractivity contribution in [1.29, 1.82) is 0 Å². The SMILES string of the molecule is Nc1cncc2sc(Br)cc12. The van der Waals surface area contributed by atoms with Crippen molar-refractivity contribution >= 4 is 43.0 Å². The summed E-state index contributed by atoms with van der Waals surface area (Å²) in [5.74, 6) is 0. The third kappa shape index (κ3) is 1.12. The average molecular weight is 229 g/mol. The van der Waals surface area contributed by atoms with Crippen molar-refractivity contribution in [2.75, 3.05) is 5.73 Å². The summed E-state index contributed by atoms with van der Waals surface area (Å²) in [5, 5.41) is 1.08. The van der Waals surface area contributed by atoms with Crippen LogP contribution in [0.2, 0.25) is 0 Å². The van der Waals surface area contributed by atoms with Gasteiger partial charge in [-0.15, -0.1) is 11.3 Å². The summed E-state index contributed by atoms with van der Waals surface area (Å²) >= 11 is 5.03. The monoisotopic (exact) mass is 228 g/mol. The molecule has 0 saturated carbocycles. The Labute approximate surface area is 76.2 Å². The second-order valence-corrected chi connectivity index (χ2v) is 4.65. The van der Waals surface area contributed by atoms with E-state index >= 15 is 0 Å². The highest BCUT2D eigenvalue weighted by Crippen LogP contribution is 2.31. The molecule has 2 aromatic heterocycles. The predicted octanol–water partition coefficient (Wildman–Crippen LogP) is 2.64. The van der Waals surface area contributed by atoms with E-state index in [1.165, 1.54) is 0 Å². The van der Waals surface area contributed by atoms with Crippen LogP contribution in [0.3, 0.4) is 0 Å². The van der Waals surface area contributed by atoms with Gasteiger partial charge >= 0.3 is 0 Å². The Morgan fingerprint density at radius 1 is 1.45 bits per heavy atom. The molecule has 0 unspecified atom stereocenters. The van der Waals surface area contributed by atoms with Gasteiger partial charge in [-0.2, -0.15) is 0 Å². The fraction of sp³-hybridized carbons (Fsp3) is 0. The van der Waals surface area contributed by atoms with Crippen molar-refractivity contribution in [3.63, 3.8) is 0 Å². The molecule has 2 aromatic rings. The van der Waals surface area contributed by atoms with Gasteiger partial charge in [-0.25, -0.2) is 0 Å². The van der Waals surface area contributed by atoms with Crippen LogP contribution in [0, 0.1) is 0 Å². The lowest BCUT2D eigenvalue weighted by Gasteiger charge is -1.91. The van der Waals surface area contributed by atoms with Crippen molar-refractivity contribution < 1.29 is 0 Å². The minimum Gasteiger partial charge on any atom is -0.397 e. The predicted molar refractivity (Wildman–Crippen MR) is 51.7 cm³/mol. The molecule has 0 aliphatic carbocycles. The maximum Gasteiger partial charge on any atom is 0.0712 e. The van der Waals surface area contributed by atoms with E-state index in [1.54, 1.807) is 17.5 Å². The van der Waals surface area contributed by atoms with Crippen molar-refractivity contribution in [3.8, 4) is 0 Å². The summed E-state index contributed by atoms with van der Waals surface area (Å²) in [6.45, 7) is 0. The molecule has 0 saturated heterocycles. The lowest BCUT2D eigenvalue weighted by molar-refractivity contribution is 1.38. The van der Waals surface area contributed by atoms with E-state index in [-0.39, 0.29) is 0 Å². The molecule has 2 rings (SSSR count). The molecule has 2 N–H and O–H groups in total. The number of nitrogen functional groups attached to an aromatic ring is 1. The van der Waals surface area contributed by atoms with Crippen LogP contribution in [0.5, 0.6) is 0 Å². The number of anilines is 1. The van der Waals surface area contributed by atoms with E-state index in [2.05, 4.69) is 20.9 Å². The number of thiophene rings is 1. The van der Waals surface area contributed by atoms with Gasteiger partial charge in [0.15, 0.2) is 0 Å².